The Bertz CT molecular complexity index is 292. The Kier molecular flexibility index (Phi) is 5.87. The maximum Gasteiger partial charge on any atom is 0.0136 e. The van der Waals surface area contributed by atoms with Crippen LogP contribution in [0.5, 0.6) is 0 Å². The zero-order chi connectivity index (χ0) is 11.8. The highest BCUT2D eigenvalue weighted by molar-refractivity contribution is 5.20. The number of hydrogen-bond donors (Lipinski definition) is 1. The molecule has 0 bridgehead atoms. The van der Waals surface area contributed by atoms with Crippen LogP contribution in [0, 0.1) is 0 Å². The number of benzene rings is 1. The zero-order valence-electron chi connectivity index (χ0n) is 10.4. The molecule has 0 heterocycles. The normalized spacial score (nSPS) is 14.4. The fourth-order valence-corrected chi connectivity index (χ4v) is 2.08. The molecule has 16 heavy (non-hydrogen) atoms. The summed E-state index contributed by atoms with van der Waals surface area (Å²) >= 11 is 0. The van der Waals surface area contributed by atoms with Crippen molar-refractivity contribution in [1.82, 2.24) is 5.32 Å². The molecule has 0 aliphatic carbocycles. The summed E-state index contributed by atoms with van der Waals surface area (Å²) in [4.78, 5) is 0. The lowest BCUT2D eigenvalue weighted by Gasteiger charge is -2.24. The van der Waals surface area contributed by atoms with Crippen molar-refractivity contribution >= 4 is 0 Å². The second kappa shape index (κ2) is 7.24. The molecular formula is C15H23N. The molecule has 2 unspecified atom stereocenters. The van der Waals surface area contributed by atoms with E-state index in [1.165, 1.54) is 5.56 Å². The molecule has 0 aromatic heterocycles. The van der Waals surface area contributed by atoms with Gasteiger partial charge in [-0.2, -0.15) is 0 Å². The molecule has 0 saturated heterocycles. The van der Waals surface area contributed by atoms with Crippen molar-refractivity contribution < 1.29 is 0 Å². The van der Waals surface area contributed by atoms with Gasteiger partial charge in [0.1, 0.15) is 0 Å². The van der Waals surface area contributed by atoms with Crippen LogP contribution in [0.2, 0.25) is 0 Å². The van der Waals surface area contributed by atoms with Crippen LogP contribution in [0.15, 0.2) is 43.0 Å². The summed E-state index contributed by atoms with van der Waals surface area (Å²) in [6.45, 7) is 9.29. The van der Waals surface area contributed by atoms with E-state index in [4.69, 9.17) is 0 Å². The molecule has 0 aliphatic rings. The van der Waals surface area contributed by atoms with Crippen LogP contribution in [0.1, 0.15) is 38.2 Å². The van der Waals surface area contributed by atoms with Crippen molar-refractivity contribution in [3.63, 3.8) is 0 Å². The Morgan fingerprint density at radius 2 is 2.00 bits per heavy atom. The van der Waals surface area contributed by atoms with Crippen LogP contribution in [-0.2, 0) is 0 Å². The van der Waals surface area contributed by atoms with E-state index in [-0.39, 0.29) is 0 Å². The third-order valence-corrected chi connectivity index (χ3v) is 3.08. The van der Waals surface area contributed by atoms with E-state index in [9.17, 15) is 0 Å². The van der Waals surface area contributed by atoms with Gasteiger partial charge in [0, 0.05) is 6.04 Å². The first-order valence-corrected chi connectivity index (χ1v) is 6.18. The first kappa shape index (κ1) is 13.0. The monoisotopic (exact) mass is 217 g/mol. The molecule has 1 aromatic rings. The molecule has 88 valence electrons. The van der Waals surface area contributed by atoms with Crippen LogP contribution in [0.25, 0.3) is 0 Å². The fourth-order valence-electron chi connectivity index (χ4n) is 2.08. The Hall–Kier alpha value is -1.08. The third kappa shape index (κ3) is 3.82. The van der Waals surface area contributed by atoms with E-state index >= 15 is 0 Å². The van der Waals surface area contributed by atoms with Crippen molar-refractivity contribution in [3.8, 4) is 0 Å². The lowest BCUT2D eigenvalue weighted by molar-refractivity contribution is 0.436. The summed E-state index contributed by atoms with van der Waals surface area (Å²) in [6, 6.07) is 11.3. The third-order valence-electron chi connectivity index (χ3n) is 3.08. The SMILES string of the molecule is C=CCCC(NCC)C(C)c1ccccc1. The van der Waals surface area contributed by atoms with E-state index < -0.39 is 0 Å². The zero-order valence-corrected chi connectivity index (χ0v) is 10.4. The molecule has 1 rings (SSSR count). The van der Waals surface area contributed by atoms with E-state index in [1.807, 2.05) is 6.08 Å². The van der Waals surface area contributed by atoms with Crippen molar-refractivity contribution in [2.24, 2.45) is 0 Å². The molecule has 1 N–H and O–H groups in total. The highest BCUT2D eigenvalue weighted by Crippen LogP contribution is 2.21. The average Bonchev–Trinajstić information content (AvgIpc) is 2.35. The molecule has 2 atom stereocenters. The topological polar surface area (TPSA) is 12.0 Å². The molecule has 0 fully saturated rings. The summed E-state index contributed by atoms with van der Waals surface area (Å²) in [5, 5.41) is 3.57. The minimum absolute atomic E-state index is 0.547. The number of allylic oxidation sites excluding steroid dienone is 1. The van der Waals surface area contributed by atoms with Crippen LogP contribution >= 0.6 is 0 Å². The minimum Gasteiger partial charge on any atom is -0.314 e. The van der Waals surface area contributed by atoms with Gasteiger partial charge < -0.3 is 5.32 Å². The average molecular weight is 217 g/mol. The second-order valence-electron chi connectivity index (χ2n) is 4.23. The fraction of sp³-hybridized carbons (Fsp3) is 0.467. The Labute approximate surface area is 99.6 Å². The summed E-state index contributed by atoms with van der Waals surface area (Å²) < 4.78 is 0. The second-order valence-corrected chi connectivity index (χ2v) is 4.23. The van der Waals surface area contributed by atoms with Gasteiger partial charge in [-0.1, -0.05) is 50.3 Å². The summed E-state index contributed by atoms with van der Waals surface area (Å²) in [5.41, 5.74) is 1.41. The van der Waals surface area contributed by atoms with Gasteiger partial charge in [0.2, 0.25) is 0 Å². The van der Waals surface area contributed by atoms with Crippen molar-refractivity contribution in [2.75, 3.05) is 6.54 Å². The predicted octanol–water partition coefficient (Wildman–Crippen LogP) is 3.73. The Balaban J connectivity index is 2.66. The van der Waals surface area contributed by atoms with Crippen molar-refractivity contribution in [1.29, 1.82) is 0 Å². The van der Waals surface area contributed by atoms with E-state index in [0.717, 1.165) is 19.4 Å². The van der Waals surface area contributed by atoms with Gasteiger partial charge in [0.25, 0.3) is 0 Å². The van der Waals surface area contributed by atoms with Gasteiger partial charge >= 0.3 is 0 Å². The molecular weight excluding hydrogens is 194 g/mol. The molecule has 1 aromatic carbocycles. The molecule has 0 spiro atoms. The minimum atomic E-state index is 0.547. The van der Waals surface area contributed by atoms with Gasteiger partial charge in [-0.15, -0.1) is 6.58 Å². The van der Waals surface area contributed by atoms with E-state index in [1.54, 1.807) is 0 Å². The molecule has 0 saturated carbocycles. The van der Waals surface area contributed by atoms with Crippen LogP contribution < -0.4 is 5.32 Å². The van der Waals surface area contributed by atoms with E-state index in [2.05, 4.69) is 56.1 Å². The summed E-state index contributed by atoms with van der Waals surface area (Å²) in [7, 11) is 0. The lowest BCUT2D eigenvalue weighted by atomic mass is 9.90. The maximum absolute atomic E-state index is 3.80. The highest BCUT2D eigenvalue weighted by Gasteiger charge is 2.16. The molecule has 0 radical (unpaired) electrons. The predicted molar refractivity (Wildman–Crippen MR) is 71.8 cm³/mol. The molecule has 1 heteroatoms. The number of nitrogens with one attached hydrogen (secondary N) is 1. The van der Waals surface area contributed by atoms with Gasteiger partial charge in [0.05, 0.1) is 0 Å². The van der Waals surface area contributed by atoms with Crippen LogP contribution in [0.3, 0.4) is 0 Å². The van der Waals surface area contributed by atoms with Crippen molar-refractivity contribution in [2.45, 2.75) is 38.6 Å². The molecule has 0 aliphatic heterocycles. The number of rotatable bonds is 7. The Morgan fingerprint density at radius 1 is 1.31 bits per heavy atom. The van der Waals surface area contributed by atoms with Gasteiger partial charge in [0.15, 0.2) is 0 Å². The van der Waals surface area contributed by atoms with Gasteiger partial charge in [-0.3, -0.25) is 0 Å². The molecule has 1 nitrogen and oxygen atoms in total. The lowest BCUT2D eigenvalue weighted by Crippen LogP contribution is -2.33. The largest absolute Gasteiger partial charge is 0.314 e. The first-order valence-electron chi connectivity index (χ1n) is 6.18. The maximum atomic E-state index is 3.80. The smallest absolute Gasteiger partial charge is 0.0136 e. The number of likely N-dealkylation sites (N-methyl/N-ethyl adjacent to an activating group) is 1. The van der Waals surface area contributed by atoms with Crippen LogP contribution in [-0.4, -0.2) is 12.6 Å². The summed E-state index contributed by atoms with van der Waals surface area (Å²) in [6.07, 6.45) is 4.24. The van der Waals surface area contributed by atoms with E-state index in [0.29, 0.717) is 12.0 Å². The summed E-state index contributed by atoms with van der Waals surface area (Å²) in [5.74, 6) is 0.557. The molecule has 0 amide bonds. The Morgan fingerprint density at radius 3 is 2.56 bits per heavy atom. The highest BCUT2D eigenvalue weighted by atomic mass is 14.9. The van der Waals surface area contributed by atoms with Crippen LogP contribution in [0.4, 0.5) is 0 Å². The standard InChI is InChI=1S/C15H23N/c1-4-6-12-15(16-5-2)13(3)14-10-8-7-9-11-14/h4,7-11,13,15-16H,1,5-6,12H2,2-3H3. The van der Waals surface area contributed by atoms with Gasteiger partial charge in [-0.05, 0) is 30.9 Å². The quantitative estimate of drug-likeness (QED) is 0.686. The van der Waals surface area contributed by atoms with Crippen molar-refractivity contribution in [3.05, 3.63) is 48.6 Å². The number of hydrogen-bond acceptors (Lipinski definition) is 1. The first-order chi connectivity index (χ1) is 7.79. The van der Waals surface area contributed by atoms with Gasteiger partial charge in [-0.25, -0.2) is 0 Å².